The van der Waals surface area contributed by atoms with Crippen molar-refractivity contribution >= 4 is 29.9 Å². The van der Waals surface area contributed by atoms with Crippen LogP contribution in [-0.2, 0) is 9.59 Å². The summed E-state index contributed by atoms with van der Waals surface area (Å²) in [5.74, 6) is -0.634. The molecule has 2 amide bonds. The maximum absolute atomic E-state index is 12.1. The highest BCUT2D eigenvalue weighted by molar-refractivity contribution is 5.96. The van der Waals surface area contributed by atoms with E-state index in [-0.39, 0.29) is 42.7 Å². The fourth-order valence-corrected chi connectivity index (χ4v) is 2.06. The minimum Gasteiger partial charge on any atom is -0.336 e. The smallest absolute Gasteiger partial charge is 0.243 e. The van der Waals surface area contributed by atoms with Gasteiger partial charge < -0.3 is 16.0 Å². The van der Waals surface area contributed by atoms with Crippen molar-refractivity contribution in [1.82, 2.24) is 4.90 Å². The van der Waals surface area contributed by atoms with Crippen LogP contribution in [0.5, 0.6) is 0 Å². The van der Waals surface area contributed by atoms with Gasteiger partial charge >= 0.3 is 0 Å². The third kappa shape index (κ3) is 5.31. The molecule has 22 heavy (non-hydrogen) atoms. The Labute approximate surface area is 138 Å². The summed E-state index contributed by atoms with van der Waals surface area (Å²) >= 11 is 0. The van der Waals surface area contributed by atoms with Crippen LogP contribution in [0.25, 0.3) is 0 Å². The Morgan fingerprint density at radius 2 is 1.73 bits per heavy atom. The monoisotopic (exact) mass is 327 g/mol. The van der Waals surface area contributed by atoms with Gasteiger partial charge in [0.2, 0.25) is 11.8 Å². The van der Waals surface area contributed by atoms with Gasteiger partial charge in [0.25, 0.3) is 0 Å². The number of halogens is 1. The molecule has 1 aromatic carbocycles. The maximum Gasteiger partial charge on any atom is 0.243 e. The zero-order valence-corrected chi connectivity index (χ0v) is 14.7. The van der Waals surface area contributed by atoms with E-state index < -0.39 is 0 Å². The number of benzene rings is 1. The lowest BCUT2D eigenvalue weighted by molar-refractivity contribution is -0.136. The first-order valence-corrected chi connectivity index (χ1v) is 7.10. The molecule has 0 saturated carbocycles. The van der Waals surface area contributed by atoms with Crippen molar-refractivity contribution in [3.05, 3.63) is 29.3 Å². The van der Waals surface area contributed by atoms with E-state index in [1.807, 2.05) is 32.0 Å². The molecule has 3 N–H and O–H groups in total. The molecule has 2 atom stereocenters. The number of likely N-dealkylation sites (N-methyl/N-ethyl adjacent to an activating group) is 1. The molecule has 124 valence electrons. The number of nitrogens with zero attached hydrogens (tertiary/aromatic N) is 1. The molecule has 0 aliphatic carbocycles. The second-order valence-electron chi connectivity index (χ2n) is 5.66. The van der Waals surface area contributed by atoms with E-state index in [0.29, 0.717) is 0 Å². The topological polar surface area (TPSA) is 75.4 Å². The van der Waals surface area contributed by atoms with Crippen LogP contribution < -0.4 is 11.1 Å². The third-order valence-corrected chi connectivity index (χ3v) is 3.68. The fourth-order valence-electron chi connectivity index (χ4n) is 2.06. The van der Waals surface area contributed by atoms with E-state index >= 15 is 0 Å². The normalized spacial score (nSPS) is 12.8. The predicted octanol–water partition coefficient (Wildman–Crippen LogP) is 2.11. The molecule has 0 radical (unpaired) electrons. The lowest BCUT2D eigenvalue weighted by Crippen LogP contribution is -2.42. The molecule has 0 bridgehead atoms. The van der Waals surface area contributed by atoms with Gasteiger partial charge in [-0.15, -0.1) is 12.4 Å². The summed E-state index contributed by atoms with van der Waals surface area (Å²) in [6.45, 7) is 7.45. The number of para-hydroxylation sites is 1. The van der Waals surface area contributed by atoms with Crippen LogP contribution in [0.15, 0.2) is 18.2 Å². The molecular formula is C16H26ClN3O2. The van der Waals surface area contributed by atoms with E-state index in [2.05, 4.69) is 5.32 Å². The molecule has 1 aromatic rings. The first-order chi connectivity index (χ1) is 9.73. The van der Waals surface area contributed by atoms with Gasteiger partial charge in [0.15, 0.2) is 0 Å². The number of aryl methyl sites for hydroxylation is 2. The SMILES string of the molecule is Cc1cccc(C)c1NC(=O)CN(C)C(=O)C(C)C(C)N.Cl. The summed E-state index contributed by atoms with van der Waals surface area (Å²) in [7, 11) is 1.62. The summed E-state index contributed by atoms with van der Waals surface area (Å²) in [4.78, 5) is 25.6. The summed E-state index contributed by atoms with van der Waals surface area (Å²) in [6.07, 6.45) is 0. The number of hydrogen-bond donors (Lipinski definition) is 2. The number of amides is 2. The molecule has 5 nitrogen and oxygen atoms in total. The zero-order valence-electron chi connectivity index (χ0n) is 13.8. The average Bonchev–Trinajstić information content (AvgIpc) is 2.41. The number of rotatable bonds is 5. The van der Waals surface area contributed by atoms with Gasteiger partial charge in [-0.25, -0.2) is 0 Å². The van der Waals surface area contributed by atoms with Crippen molar-refractivity contribution in [2.75, 3.05) is 18.9 Å². The van der Waals surface area contributed by atoms with E-state index in [4.69, 9.17) is 5.73 Å². The van der Waals surface area contributed by atoms with Crippen LogP contribution in [0.2, 0.25) is 0 Å². The van der Waals surface area contributed by atoms with Crippen molar-refractivity contribution in [3.63, 3.8) is 0 Å². The van der Waals surface area contributed by atoms with Crippen LogP contribution in [0.4, 0.5) is 5.69 Å². The molecule has 0 aromatic heterocycles. The molecule has 1 rings (SSSR count). The Hall–Kier alpha value is -1.59. The van der Waals surface area contributed by atoms with Gasteiger partial charge in [-0.1, -0.05) is 25.1 Å². The van der Waals surface area contributed by atoms with Crippen LogP contribution in [0.3, 0.4) is 0 Å². The highest BCUT2D eigenvalue weighted by atomic mass is 35.5. The van der Waals surface area contributed by atoms with Crippen molar-refractivity contribution in [1.29, 1.82) is 0 Å². The summed E-state index contributed by atoms with van der Waals surface area (Å²) in [5.41, 5.74) is 8.53. The quantitative estimate of drug-likeness (QED) is 0.869. The summed E-state index contributed by atoms with van der Waals surface area (Å²) in [6, 6.07) is 5.59. The fraction of sp³-hybridized carbons (Fsp3) is 0.500. The molecule has 0 fully saturated rings. The number of anilines is 1. The number of carbonyl (C=O) groups excluding carboxylic acids is 2. The van der Waals surface area contributed by atoms with Crippen molar-refractivity contribution in [2.45, 2.75) is 33.7 Å². The predicted molar refractivity (Wildman–Crippen MR) is 92.2 cm³/mol. The molecular weight excluding hydrogens is 302 g/mol. The first kappa shape index (κ1) is 20.4. The molecule has 0 saturated heterocycles. The third-order valence-electron chi connectivity index (χ3n) is 3.68. The molecule has 0 heterocycles. The highest BCUT2D eigenvalue weighted by Gasteiger charge is 2.22. The van der Waals surface area contributed by atoms with Gasteiger partial charge in [0.1, 0.15) is 0 Å². The van der Waals surface area contributed by atoms with E-state index in [9.17, 15) is 9.59 Å². The largest absolute Gasteiger partial charge is 0.336 e. The zero-order chi connectivity index (χ0) is 16.2. The Morgan fingerprint density at radius 3 is 2.18 bits per heavy atom. The molecule has 6 heteroatoms. The van der Waals surface area contributed by atoms with E-state index in [1.165, 1.54) is 4.90 Å². The Kier molecular flexibility index (Phi) is 8.12. The summed E-state index contributed by atoms with van der Waals surface area (Å²) in [5, 5.41) is 2.87. The molecule has 0 aliphatic heterocycles. The molecule has 0 aliphatic rings. The standard InChI is InChI=1S/C16H25N3O2.ClH/c1-10-7-6-8-11(2)15(10)18-14(20)9-19(5)16(21)12(3)13(4)17;/h6-8,12-13H,9,17H2,1-5H3,(H,18,20);1H. The Bertz CT molecular complexity index is 512. The Balaban J connectivity index is 0.00000441. The second-order valence-corrected chi connectivity index (χ2v) is 5.66. The average molecular weight is 328 g/mol. The van der Waals surface area contributed by atoms with Crippen molar-refractivity contribution < 1.29 is 9.59 Å². The van der Waals surface area contributed by atoms with Crippen LogP contribution in [0.1, 0.15) is 25.0 Å². The first-order valence-electron chi connectivity index (χ1n) is 7.10. The minimum atomic E-state index is -0.303. The number of hydrogen-bond acceptors (Lipinski definition) is 3. The molecule has 2 unspecified atom stereocenters. The number of nitrogens with one attached hydrogen (secondary N) is 1. The van der Waals surface area contributed by atoms with Crippen LogP contribution in [0, 0.1) is 19.8 Å². The van der Waals surface area contributed by atoms with Crippen LogP contribution in [-0.4, -0.2) is 36.3 Å². The van der Waals surface area contributed by atoms with Gasteiger partial charge in [-0.3, -0.25) is 9.59 Å². The van der Waals surface area contributed by atoms with Gasteiger partial charge in [-0.05, 0) is 31.9 Å². The summed E-state index contributed by atoms with van der Waals surface area (Å²) < 4.78 is 0. The van der Waals surface area contributed by atoms with Crippen molar-refractivity contribution in [2.24, 2.45) is 11.7 Å². The van der Waals surface area contributed by atoms with Gasteiger partial charge in [0, 0.05) is 18.8 Å². The van der Waals surface area contributed by atoms with Crippen LogP contribution >= 0.6 is 12.4 Å². The minimum absolute atomic E-state index is 0. The van der Waals surface area contributed by atoms with E-state index in [1.54, 1.807) is 20.9 Å². The Morgan fingerprint density at radius 1 is 1.23 bits per heavy atom. The second kappa shape index (κ2) is 8.76. The maximum atomic E-state index is 12.1. The lowest BCUT2D eigenvalue weighted by atomic mass is 10.0. The van der Waals surface area contributed by atoms with Crippen molar-refractivity contribution in [3.8, 4) is 0 Å². The van der Waals surface area contributed by atoms with E-state index in [0.717, 1.165) is 16.8 Å². The lowest BCUT2D eigenvalue weighted by Gasteiger charge is -2.23. The highest BCUT2D eigenvalue weighted by Crippen LogP contribution is 2.19. The van der Waals surface area contributed by atoms with Gasteiger partial charge in [-0.2, -0.15) is 0 Å². The van der Waals surface area contributed by atoms with Gasteiger partial charge in [0.05, 0.1) is 12.5 Å². The number of nitrogens with two attached hydrogens (primary N) is 1. The number of carbonyl (C=O) groups is 2. The molecule has 0 spiro atoms.